The van der Waals surface area contributed by atoms with Gasteiger partial charge in [0.15, 0.2) is 0 Å². The summed E-state index contributed by atoms with van der Waals surface area (Å²) in [5.41, 5.74) is 1.09. The van der Waals surface area contributed by atoms with Gasteiger partial charge < -0.3 is 5.32 Å². The van der Waals surface area contributed by atoms with Crippen LogP contribution in [0.4, 0.5) is 5.82 Å². The smallest absolute Gasteiger partial charge is 0.124 e. The Balaban J connectivity index is 2.59. The van der Waals surface area contributed by atoms with Gasteiger partial charge in [0, 0.05) is 18.7 Å². The van der Waals surface area contributed by atoms with Gasteiger partial charge in [0.2, 0.25) is 0 Å². The van der Waals surface area contributed by atoms with E-state index in [1.165, 1.54) is 19.3 Å². The van der Waals surface area contributed by atoms with Gasteiger partial charge in [-0.2, -0.15) is 5.10 Å². The van der Waals surface area contributed by atoms with Crippen molar-refractivity contribution in [2.24, 2.45) is 0 Å². The van der Waals surface area contributed by atoms with Crippen molar-refractivity contribution in [2.45, 2.75) is 59.5 Å². The summed E-state index contributed by atoms with van der Waals surface area (Å²) in [5.74, 6) is 1.15. The predicted molar refractivity (Wildman–Crippen MR) is 65.2 cm³/mol. The van der Waals surface area contributed by atoms with Crippen molar-refractivity contribution in [2.75, 3.05) is 5.32 Å². The number of hydrogen-bond acceptors (Lipinski definition) is 2. The van der Waals surface area contributed by atoms with Crippen LogP contribution in [0.25, 0.3) is 0 Å². The number of nitrogens with zero attached hydrogens (tertiary/aromatic N) is 2. The zero-order valence-corrected chi connectivity index (χ0v) is 10.4. The Morgan fingerprint density at radius 3 is 2.73 bits per heavy atom. The zero-order valence-electron chi connectivity index (χ0n) is 10.4. The van der Waals surface area contributed by atoms with Crippen molar-refractivity contribution in [3.63, 3.8) is 0 Å². The zero-order chi connectivity index (χ0) is 11.3. The minimum absolute atomic E-state index is 0.464. The second-order valence-corrected chi connectivity index (χ2v) is 4.40. The third kappa shape index (κ3) is 3.94. The van der Waals surface area contributed by atoms with Crippen LogP contribution < -0.4 is 5.32 Å². The quantitative estimate of drug-likeness (QED) is 0.729. The average molecular weight is 209 g/mol. The van der Waals surface area contributed by atoms with E-state index in [9.17, 15) is 0 Å². The molecule has 0 unspecified atom stereocenters. The van der Waals surface area contributed by atoms with Gasteiger partial charge in [-0.15, -0.1) is 0 Å². The fraction of sp³-hybridized carbons (Fsp3) is 0.750. The topological polar surface area (TPSA) is 29.9 Å². The van der Waals surface area contributed by atoms with Gasteiger partial charge in [-0.3, -0.25) is 0 Å². The summed E-state index contributed by atoms with van der Waals surface area (Å²) in [6, 6.07) is 2.58. The molecule has 1 heterocycles. The van der Waals surface area contributed by atoms with Crippen LogP contribution in [0.15, 0.2) is 6.07 Å². The number of unbranched alkanes of at least 4 members (excludes halogenated alkanes) is 2. The predicted octanol–water partition coefficient (Wildman–Crippen LogP) is 3.20. The Morgan fingerprint density at radius 2 is 2.13 bits per heavy atom. The molecule has 0 atom stereocenters. The lowest BCUT2D eigenvalue weighted by molar-refractivity contribution is 0.552. The molecule has 0 spiro atoms. The highest BCUT2D eigenvalue weighted by Crippen LogP contribution is 2.12. The van der Waals surface area contributed by atoms with Crippen molar-refractivity contribution >= 4 is 5.82 Å². The third-order valence-electron chi connectivity index (χ3n) is 2.31. The molecule has 0 bridgehead atoms. The molecule has 0 aliphatic rings. The van der Waals surface area contributed by atoms with E-state index in [-0.39, 0.29) is 0 Å². The highest BCUT2D eigenvalue weighted by molar-refractivity contribution is 5.37. The third-order valence-corrected chi connectivity index (χ3v) is 2.31. The maximum Gasteiger partial charge on any atom is 0.124 e. The average Bonchev–Trinajstić information content (AvgIpc) is 2.46. The summed E-state index contributed by atoms with van der Waals surface area (Å²) in [6.07, 6.45) is 3.75. The molecule has 1 aromatic rings. The van der Waals surface area contributed by atoms with E-state index in [1.807, 2.05) is 6.92 Å². The molecule has 3 nitrogen and oxygen atoms in total. The monoisotopic (exact) mass is 209 g/mol. The maximum absolute atomic E-state index is 4.49. The molecule has 0 aromatic carbocycles. The van der Waals surface area contributed by atoms with Crippen LogP contribution in [-0.2, 0) is 6.54 Å². The van der Waals surface area contributed by atoms with E-state index in [1.54, 1.807) is 0 Å². The molecule has 0 aliphatic heterocycles. The molecule has 0 radical (unpaired) electrons. The molecule has 0 saturated carbocycles. The second-order valence-electron chi connectivity index (χ2n) is 4.40. The molecule has 0 aliphatic carbocycles. The van der Waals surface area contributed by atoms with Crippen molar-refractivity contribution in [1.29, 1.82) is 0 Å². The van der Waals surface area contributed by atoms with Gasteiger partial charge in [-0.1, -0.05) is 19.8 Å². The molecular formula is C12H23N3. The van der Waals surface area contributed by atoms with E-state index in [0.29, 0.717) is 6.04 Å². The molecule has 1 rings (SSSR count). The van der Waals surface area contributed by atoms with E-state index in [2.05, 4.69) is 41.9 Å². The van der Waals surface area contributed by atoms with Crippen LogP contribution in [0.5, 0.6) is 0 Å². The maximum atomic E-state index is 4.49. The number of aryl methyl sites for hydroxylation is 2. The highest BCUT2D eigenvalue weighted by Gasteiger charge is 2.05. The molecule has 1 aromatic heterocycles. The first kappa shape index (κ1) is 12.1. The lowest BCUT2D eigenvalue weighted by Crippen LogP contribution is -2.14. The van der Waals surface area contributed by atoms with E-state index >= 15 is 0 Å². The van der Waals surface area contributed by atoms with Crippen molar-refractivity contribution in [1.82, 2.24) is 9.78 Å². The van der Waals surface area contributed by atoms with Gasteiger partial charge in [0.05, 0.1) is 5.69 Å². The molecule has 86 valence electrons. The molecule has 0 fully saturated rings. The van der Waals surface area contributed by atoms with Crippen molar-refractivity contribution < 1.29 is 0 Å². The number of nitrogens with one attached hydrogen (secondary N) is 1. The summed E-state index contributed by atoms with van der Waals surface area (Å²) < 4.78 is 2.09. The Hall–Kier alpha value is -0.990. The van der Waals surface area contributed by atoms with Crippen LogP contribution in [0.1, 0.15) is 45.7 Å². The van der Waals surface area contributed by atoms with Crippen LogP contribution in [-0.4, -0.2) is 15.8 Å². The molecule has 3 heteroatoms. The molecule has 0 amide bonds. The fourth-order valence-corrected chi connectivity index (χ4v) is 1.64. The summed E-state index contributed by atoms with van der Waals surface area (Å²) in [5, 5.41) is 7.91. The van der Waals surface area contributed by atoms with E-state index in [0.717, 1.165) is 18.1 Å². The Morgan fingerprint density at radius 1 is 1.40 bits per heavy atom. The minimum atomic E-state index is 0.464. The van der Waals surface area contributed by atoms with Gasteiger partial charge in [-0.05, 0) is 27.2 Å². The Labute approximate surface area is 92.9 Å². The van der Waals surface area contributed by atoms with Crippen LogP contribution in [0.3, 0.4) is 0 Å². The first-order valence-corrected chi connectivity index (χ1v) is 5.94. The standard InChI is InChI=1S/C12H23N3/c1-5-6-7-8-15-12(13-10(2)3)9-11(4)14-15/h9-10,13H,5-8H2,1-4H3. The summed E-state index contributed by atoms with van der Waals surface area (Å²) in [7, 11) is 0. The first-order chi connectivity index (χ1) is 7.13. The number of hydrogen-bond donors (Lipinski definition) is 1. The molecule has 1 N–H and O–H groups in total. The van der Waals surface area contributed by atoms with Crippen molar-refractivity contribution in [3.8, 4) is 0 Å². The Bertz CT molecular complexity index is 289. The van der Waals surface area contributed by atoms with Crippen molar-refractivity contribution in [3.05, 3.63) is 11.8 Å². The Kier molecular flexibility index (Phi) is 4.66. The summed E-state index contributed by atoms with van der Waals surface area (Å²) >= 11 is 0. The first-order valence-electron chi connectivity index (χ1n) is 5.94. The minimum Gasteiger partial charge on any atom is -0.368 e. The number of aromatic nitrogens is 2. The number of rotatable bonds is 6. The van der Waals surface area contributed by atoms with Gasteiger partial charge in [-0.25, -0.2) is 4.68 Å². The SMILES string of the molecule is CCCCCn1nc(C)cc1NC(C)C. The lowest BCUT2D eigenvalue weighted by atomic mass is 10.2. The van der Waals surface area contributed by atoms with Gasteiger partial charge in [0.25, 0.3) is 0 Å². The normalized spacial score (nSPS) is 11.0. The second kappa shape index (κ2) is 5.79. The van der Waals surface area contributed by atoms with Crippen LogP contribution in [0.2, 0.25) is 0 Å². The van der Waals surface area contributed by atoms with E-state index in [4.69, 9.17) is 0 Å². The molecular weight excluding hydrogens is 186 g/mol. The summed E-state index contributed by atoms with van der Waals surface area (Å²) in [4.78, 5) is 0. The lowest BCUT2D eigenvalue weighted by Gasteiger charge is -2.11. The highest BCUT2D eigenvalue weighted by atomic mass is 15.3. The number of anilines is 1. The van der Waals surface area contributed by atoms with Gasteiger partial charge in [0.1, 0.15) is 5.82 Å². The van der Waals surface area contributed by atoms with Crippen LogP contribution >= 0.6 is 0 Å². The van der Waals surface area contributed by atoms with E-state index < -0.39 is 0 Å². The molecule has 0 saturated heterocycles. The summed E-state index contributed by atoms with van der Waals surface area (Å²) in [6.45, 7) is 9.59. The van der Waals surface area contributed by atoms with Gasteiger partial charge >= 0.3 is 0 Å². The fourth-order valence-electron chi connectivity index (χ4n) is 1.64. The largest absolute Gasteiger partial charge is 0.368 e. The molecule has 15 heavy (non-hydrogen) atoms. The van der Waals surface area contributed by atoms with Crippen LogP contribution in [0, 0.1) is 6.92 Å².